The number of phenols is 1. The minimum atomic E-state index is 0.229. The number of carbonyl (C=O) groups excluding carboxylic acids is 1. The van der Waals surface area contributed by atoms with Gasteiger partial charge in [0.25, 0.3) is 0 Å². The standard InChI is InChI=1S/C32H37BrN2O2/c1-23-30(33)22-34-21-27(20-31(35-23)29-13-7-8-14-32(29)37)16-15-25-11-5-6-12-26(17-25)19-28(36)18-24-9-3-2-4-10-24/h2-4,7-10,13-14,20,22,25-26,37H,5-6,11-12,15-19,21H2,1H3/b27-20-,30-23-,34-22?,35-31-. The fourth-order valence-corrected chi connectivity index (χ4v) is 5.68. The van der Waals surface area contributed by atoms with Gasteiger partial charge in [0.15, 0.2) is 0 Å². The molecule has 1 fully saturated rings. The number of Topliss-reactive ketones (excluding diaryl/α,β-unsaturated/α-hetero) is 1. The molecule has 0 spiro atoms. The number of hydrogen-bond acceptors (Lipinski definition) is 4. The van der Waals surface area contributed by atoms with Crippen LogP contribution in [0.5, 0.6) is 5.75 Å². The molecule has 37 heavy (non-hydrogen) atoms. The third-order valence-corrected chi connectivity index (χ3v) is 8.21. The third kappa shape index (κ3) is 8.36. The summed E-state index contributed by atoms with van der Waals surface area (Å²) in [5.74, 6) is 1.69. The maximum atomic E-state index is 12.8. The Kier molecular flexibility index (Phi) is 10.1. The highest BCUT2D eigenvalue weighted by atomic mass is 79.9. The zero-order valence-corrected chi connectivity index (χ0v) is 23.3. The molecule has 0 aromatic heterocycles. The zero-order valence-electron chi connectivity index (χ0n) is 21.7. The van der Waals surface area contributed by atoms with Crippen molar-refractivity contribution >= 4 is 33.6 Å². The quantitative estimate of drug-likeness (QED) is 0.332. The summed E-state index contributed by atoms with van der Waals surface area (Å²) < 4.78 is 0.849. The molecule has 2 atom stereocenters. The molecule has 1 saturated carbocycles. The highest BCUT2D eigenvalue weighted by Crippen LogP contribution is 2.34. The van der Waals surface area contributed by atoms with Crippen LogP contribution in [0, 0.1) is 11.8 Å². The number of hydrogen-bond donors (Lipinski definition) is 1. The van der Waals surface area contributed by atoms with Crippen LogP contribution in [0.15, 0.2) is 86.4 Å². The molecule has 1 aliphatic heterocycles. The fraction of sp³-hybridized carbons (Fsp3) is 0.406. The van der Waals surface area contributed by atoms with Gasteiger partial charge in [0.1, 0.15) is 11.5 Å². The Morgan fingerprint density at radius 3 is 2.54 bits per heavy atom. The Morgan fingerprint density at radius 2 is 1.76 bits per heavy atom. The van der Waals surface area contributed by atoms with Crippen molar-refractivity contribution in [1.82, 2.24) is 0 Å². The number of ketones is 1. The molecule has 4 rings (SSSR count). The smallest absolute Gasteiger partial charge is 0.137 e. The average molecular weight is 562 g/mol. The van der Waals surface area contributed by atoms with Gasteiger partial charge < -0.3 is 5.11 Å². The first-order chi connectivity index (χ1) is 18.0. The van der Waals surface area contributed by atoms with Gasteiger partial charge in [-0.25, -0.2) is 0 Å². The van der Waals surface area contributed by atoms with E-state index in [1.54, 1.807) is 6.07 Å². The molecule has 2 unspecified atom stereocenters. The first kappa shape index (κ1) is 27.3. The molecule has 194 valence electrons. The minimum Gasteiger partial charge on any atom is -0.507 e. The third-order valence-electron chi connectivity index (χ3n) is 7.43. The van der Waals surface area contributed by atoms with Gasteiger partial charge in [0.05, 0.1) is 22.4 Å². The van der Waals surface area contributed by atoms with Gasteiger partial charge in [-0.1, -0.05) is 68.1 Å². The molecule has 0 radical (unpaired) electrons. The molecule has 4 nitrogen and oxygen atoms in total. The van der Waals surface area contributed by atoms with E-state index in [1.165, 1.54) is 24.8 Å². The predicted molar refractivity (Wildman–Crippen MR) is 157 cm³/mol. The first-order valence-electron chi connectivity index (χ1n) is 13.5. The summed E-state index contributed by atoms with van der Waals surface area (Å²) in [6.45, 7) is 2.56. The van der Waals surface area contributed by atoms with Crippen LogP contribution < -0.4 is 0 Å². The van der Waals surface area contributed by atoms with Crippen molar-refractivity contribution in [3.05, 3.63) is 87.6 Å². The molecule has 1 aliphatic carbocycles. The van der Waals surface area contributed by atoms with Crippen molar-refractivity contribution in [3.63, 3.8) is 0 Å². The van der Waals surface area contributed by atoms with Gasteiger partial charge in [-0.2, -0.15) is 0 Å². The number of nitrogens with zero attached hydrogens (tertiary/aromatic N) is 2. The van der Waals surface area contributed by atoms with E-state index in [2.05, 4.69) is 27.0 Å². The van der Waals surface area contributed by atoms with Crippen LogP contribution in [0.4, 0.5) is 0 Å². The summed E-state index contributed by atoms with van der Waals surface area (Å²) in [4.78, 5) is 22.3. The van der Waals surface area contributed by atoms with E-state index in [4.69, 9.17) is 4.99 Å². The van der Waals surface area contributed by atoms with Crippen LogP contribution in [0.25, 0.3) is 0 Å². The Balaban J connectivity index is 1.42. The number of allylic oxidation sites excluding steroid dienone is 3. The Labute approximate surface area is 229 Å². The first-order valence-corrected chi connectivity index (χ1v) is 14.3. The molecule has 0 saturated heterocycles. The van der Waals surface area contributed by atoms with E-state index >= 15 is 0 Å². The van der Waals surface area contributed by atoms with E-state index < -0.39 is 0 Å². The van der Waals surface area contributed by atoms with E-state index in [0.29, 0.717) is 37.0 Å². The molecule has 1 N–H and O–H groups in total. The zero-order chi connectivity index (χ0) is 26.0. The SMILES string of the molecule is CC1=C(\Br)C=NC\C(CCC2CCCCC(CC(=O)Cc3ccccc3)C2)=C/C(c2ccccc2O)=N/1. The highest BCUT2D eigenvalue weighted by Gasteiger charge is 2.23. The van der Waals surface area contributed by atoms with Gasteiger partial charge in [0.2, 0.25) is 0 Å². The van der Waals surface area contributed by atoms with Gasteiger partial charge >= 0.3 is 0 Å². The average Bonchev–Trinajstić information content (AvgIpc) is 3.08. The second-order valence-corrected chi connectivity index (χ2v) is 11.3. The number of para-hydroxylation sites is 1. The monoisotopic (exact) mass is 560 g/mol. The van der Waals surface area contributed by atoms with Gasteiger partial charge in [-0.3, -0.25) is 14.8 Å². The van der Waals surface area contributed by atoms with Crippen molar-refractivity contribution in [2.75, 3.05) is 6.54 Å². The van der Waals surface area contributed by atoms with Crippen LogP contribution in [0.1, 0.15) is 69.4 Å². The molecule has 0 bridgehead atoms. The lowest BCUT2D eigenvalue weighted by Gasteiger charge is -2.20. The van der Waals surface area contributed by atoms with Gasteiger partial charge in [-0.15, -0.1) is 0 Å². The van der Waals surface area contributed by atoms with Crippen LogP contribution in [-0.4, -0.2) is 29.4 Å². The summed E-state index contributed by atoms with van der Waals surface area (Å²) in [5.41, 5.74) is 4.65. The summed E-state index contributed by atoms with van der Waals surface area (Å²) in [6, 6.07) is 17.5. The molecule has 0 amide bonds. The van der Waals surface area contributed by atoms with E-state index in [0.717, 1.165) is 52.7 Å². The fourth-order valence-electron chi connectivity index (χ4n) is 5.45. The number of phenolic OH excluding ortho intramolecular Hbond substituents is 1. The van der Waals surface area contributed by atoms with Crippen LogP contribution in [0.2, 0.25) is 0 Å². The molecule has 5 heteroatoms. The van der Waals surface area contributed by atoms with E-state index in [1.807, 2.05) is 61.7 Å². The molecular formula is C32H37BrN2O2. The Bertz CT molecular complexity index is 1200. The van der Waals surface area contributed by atoms with E-state index in [9.17, 15) is 9.90 Å². The lowest BCUT2D eigenvalue weighted by atomic mass is 9.85. The number of benzene rings is 2. The normalized spacial score (nSPS) is 25.6. The molecular weight excluding hydrogens is 524 g/mol. The van der Waals surface area contributed by atoms with Gasteiger partial charge in [0, 0.05) is 24.6 Å². The van der Waals surface area contributed by atoms with Gasteiger partial charge in [-0.05, 0) is 83.3 Å². The van der Waals surface area contributed by atoms with Crippen molar-refractivity contribution in [3.8, 4) is 5.75 Å². The Morgan fingerprint density at radius 1 is 1.03 bits per heavy atom. The summed E-state index contributed by atoms with van der Waals surface area (Å²) in [6.07, 6.45) is 13.2. The number of carbonyl (C=O) groups is 1. The van der Waals surface area contributed by atoms with Crippen molar-refractivity contribution in [1.29, 1.82) is 0 Å². The maximum absolute atomic E-state index is 12.8. The second-order valence-electron chi connectivity index (χ2n) is 10.4. The van der Waals surface area contributed by atoms with Crippen LogP contribution in [-0.2, 0) is 11.2 Å². The van der Waals surface area contributed by atoms with Crippen molar-refractivity contribution in [2.45, 2.75) is 64.7 Å². The molecule has 2 aromatic carbocycles. The Hall–Kier alpha value is -2.79. The lowest BCUT2D eigenvalue weighted by molar-refractivity contribution is -0.119. The summed E-state index contributed by atoms with van der Waals surface area (Å²) in [7, 11) is 0. The molecule has 2 aromatic rings. The van der Waals surface area contributed by atoms with Crippen LogP contribution >= 0.6 is 15.9 Å². The predicted octanol–water partition coefficient (Wildman–Crippen LogP) is 8.00. The topological polar surface area (TPSA) is 62.0 Å². The van der Waals surface area contributed by atoms with Crippen LogP contribution in [0.3, 0.4) is 0 Å². The summed E-state index contributed by atoms with van der Waals surface area (Å²) in [5, 5.41) is 10.5. The summed E-state index contributed by atoms with van der Waals surface area (Å²) >= 11 is 3.58. The number of aliphatic imine (C=N–C) groups is 2. The van der Waals surface area contributed by atoms with Crippen molar-refractivity contribution < 1.29 is 9.90 Å². The largest absolute Gasteiger partial charge is 0.507 e. The van der Waals surface area contributed by atoms with E-state index in [-0.39, 0.29) is 5.75 Å². The maximum Gasteiger partial charge on any atom is 0.137 e. The number of rotatable bonds is 8. The highest BCUT2D eigenvalue weighted by molar-refractivity contribution is 9.12. The minimum absolute atomic E-state index is 0.229. The number of halogens is 1. The number of aromatic hydroxyl groups is 1. The second kappa shape index (κ2) is 13.7. The molecule has 2 aliphatic rings. The lowest BCUT2D eigenvalue weighted by Crippen LogP contribution is -2.13. The van der Waals surface area contributed by atoms with Crippen molar-refractivity contribution in [2.24, 2.45) is 21.8 Å². The molecule has 1 heterocycles.